The highest BCUT2D eigenvalue weighted by Crippen LogP contribution is 2.15. The zero-order chi connectivity index (χ0) is 8.81. The Morgan fingerprint density at radius 1 is 1.42 bits per heavy atom. The van der Waals surface area contributed by atoms with Gasteiger partial charge in [-0.3, -0.25) is 0 Å². The van der Waals surface area contributed by atoms with Crippen molar-refractivity contribution in [3.63, 3.8) is 0 Å². The Morgan fingerprint density at radius 3 is 2.58 bits per heavy atom. The third kappa shape index (κ3) is 2.47. The Morgan fingerprint density at radius 2 is 2.08 bits per heavy atom. The van der Waals surface area contributed by atoms with E-state index in [1.807, 2.05) is 23.2 Å². The van der Waals surface area contributed by atoms with Crippen molar-refractivity contribution in [2.75, 3.05) is 13.7 Å². The zero-order valence-corrected chi connectivity index (χ0v) is 8.54. The van der Waals surface area contributed by atoms with Crippen molar-refractivity contribution in [1.29, 1.82) is 0 Å². The van der Waals surface area contributed by atoms with Crippen LogP contribution in [0.3, 0.4) is 0 Å². The lowest BCUT2D eigenvalue weighted by molar-refractivity contribution is 0.240. The molecule has 0 aliphatic rings. The van der Waals surface area contributed by atoms with Gasteiger partial charge < -0.3 is 4.74 Å². The number of benzene rings is 1. The van der Waals surface area contributed by atoms with Crippen LogP contribution in [-0.4, -0.2) is 13.7 Å². The first-order valence-corrected chi connectivity index (χ1v) is 4.63. The summed E-state index contributed by atoms with van der Waals surface area (Å²) in [4.78, 5) is 1.89. The van der Waals surface area contributed by atoms with Gasteiger partial charge in [-0.1, -0.05) is 46.3 Å². The van der Waals surface area contributed by atoms with Crippen LogP contribution in [-0.2, 0) is 4.74 Å². The van der Waals surface area contributed by atoms with E-state index in [4.69, 9.17) is 4.74 Å². The molecule has 2 heteroatoms. The molecule has 12 heavy (non-hydrogen) atoms. The summed E-state index contributed by atoms with van der Waals surface area (Å²) in [6, 6.07) is 10.2. The summed E-state index contributed by atoms with van der Waals surface area (Å²) in [6.07, 6.45) is 0. The second kappa shape index (κ2) is 5.12. The molecule has 0 N–H and O–H groups in total. The summed E-state index contributed by atoms with van der Waals surface area (Å²) >= 11 is 3.31. The number of hydrogen-bond acceptors (Lipinski definition) is 1. The summed E-state index contributed by atoms with van der Waals surface area (Å²) in [5, 5.41) is 0. The quantitative estimate of drug-likeness (QED) is 0.770. The Balaban J connectivity index is 2.82. The molecule has 64 valence electrons. The molecule has 0 saturated carbocycles. The van der Waals surface area contributed by atoms with Crippen molar-refractivity contribution in [3.05, 3.63) is 40.9 Å². The van der Waals surface area contributed by atoms with Crippen LogP contribution in [0.15, 0.2) is 35.3 Å². The molecule has 1 rings (SSSR count). The summed E-state index contributed by atoms with van der Waals surface area (Å²) in [7, 11) is 1.69. The summed E-state index contributed by atoms with van der Waals surface area (Å²) in [5.41, 5.74) is 2.34. The van der Waals surface area contributed by atoms with Crippen LogP contribution in [0.5, 0.6) is 0 Å². The van der Waals surface area contributed by atoms with Gasteiger partial charge in [-0.25, -0.2) is 0 Å². The Hall–Kier alpha value is -0.600. The van der Waals surface area contributed by atoms with Gasteiger partial charge in [0.15, 0.2) is 0 Å². The molecule has 0 aromatic heterocycles. The van der Waals surface area contributed by atoms with Gasteiger partial charge in [-0.2, -0.15) is 0 Å². The second-order valence-electron chi connectivity index (χ2n) is 2.43. The monoisotopic (exact) mass is 226 g/mol. The summed E-state index contributed by atoms with van der Waals surface area (Å²) in [5.74, 6) is 0. The van der Waals surface area contributed by atoms with Gasteiger partial charge in [0, 0.05) is 7.11 Å². The molecular weight excluding hydrogens is 216 g/mol. The Labute approximate surface area is 81.2 Å². The van der Waals surface area contributed by atoms with Gasteiger partial charge in [-0.05, 0) is 16.1 Å². The van der Waals surface area contributed by atoms with Crippen molar-refractivity contribution in [2.24, 2.45) is 0 Å². The SMILES string of the molecule is COC/C(=C/Br)c1ccccc1. The van der Waals surface area contributed by atoms with Crippen LogP contribution < -0.4 is 0 Å². The van der Waals surface area contributed by atoms with Gasteiger partial charge in [0.05, 0.1) is 6.61 Å². The molecule has 0 saturated heterocycles. The molecule has 0 aliphatic carbocycles. The highest BCUT2D eigenvalue weighted by atomic mass is 79.9. The van der Waals surface area contributed by atoms with Crippen molar-refractivity contribution in [1.82, 2.24) is 0 Å². The average molecular weight is 227 g/mol. The molecular formula is C10H11BrO. The molecule has 0 amide bonds. The normalized spacial score (nSPS) is 11.7. The molecule has 1 nitrogen and oxygen atoms in total. The topological polar surface area (TPSA) is 9.23 Å². The maximum Gasteiger partial charge on any atom is 0.0723 e. The first kappa shape index (κ1) is 9.49. The number of halogens is 1. The van der Waals surface area contributed by atoms with Crippen molar-refractivity contribution >= 4 is 21.5 Å². The van der Waals surface area contributed by atoms with E-state index in [0.717, 1.165) is 5.57 Å². The maximum atomic E-state index is 5.05. The van der Waals surface area contributed by atoms with Crippen LogP contribution in [0, 0.1) is 0 Å². The zero-order valence-electron chi connectivity index (χ0n) is 6.96. The van der Waals surface area contributed by atoms with Crippen LogP contribution in [0.25, 0.3) is 5.57 Å². The molecule has 0 unspecified atom stereocenters. The van der Waals surface area contributed by atoms with Crippen LogP contribution >= 0.6 is 15.9 Å². The highest BCUT2D eigenvalue weighted by Gasteiger charge is 1.97. The molecule has 0 aliphatic heterocycles. The molecule has 0 bridgehead atoms. The minimum atomic E-state index is 0.634. The van der Waals surface area contributed by atoms with E-state index in [1.165, 1.54) is 5.56 Å². The largest absolute Gasteiger partial charge is 0.380 e. The van der Waals surface area contributed by atoms with Crippen molar-refractivity contribution in [2.45, 2.75) is 0 Å². The van der Waals surface area contributed by atoms with E-state index in [-0.39, 0.29) is 0 Å². The smallest absolute Gasteiger partial charge is 0.0723 e. The fourth-order valence-corrected chi connectivity index (χ4v) is 1.38. The maximum absolute atomic E-state index is 5.05. The van der Waals surface area contributed by atoms with Gasteiger partial charge in [-0.15, -0.1) is 0 Å². The van der Waals surface area contributed by atoms with E-state index in [1.54, 1.807) is 7.11 Å². The fraction of sp³-hybridized carbons (Fsp3) is 0.200. The van der Waals surface area contributed by atoms with Crippen LogP contribution in [0.2, 0.25) is 0 Å². The second-order valence-corrected chi connectivity index (χ2v) is 2.89. The number of methoxy groups -OCH3 is 1. The van der Waals surface area contributed by atoms with Crippen LogP contribution in [0.4, 0.5) is 0 Å². The summed E-state index contributed by atoms with van der Waals surface area (Å²) in [6.45, 7) is 0.634. The molecule has 0 fully saturated rings. The van der Waals surface area contributed by atoms with Gasteiger partial charge in [0.1, 0.15) is 0 Å². The van der Waals surface area contributed by atoms with E-state index in [9.17, 15) is 0 Å². The van der Waals surface area contributed by atoms with Gasteiger partial charge in [0.25, 0.3) is 0 Å². The van der Waals surface area contributed by atoms with E-state index in [0.29, 0.717) is 6.61 Å². The molecule has 0 heterocycles. The highest BCUT2D eigenvalue weighted by molar-refractivity contribution is 9.11. The molecule has 1 aromatic carbocycles. The number of rotatable bonds is 3. The predicted molar refractivity (Wildman–Crippen MR) is 55.2 cm³/mol. The third-order valence-electron chi connectivity index (χ3n) is 1.58. The minimum absolute atomic E-state index is 0.634. The Bertz CT molecular complexity index is 254. The fourth-order valence-electron chi connectivity index (χ4n) is 0.986. The lowest BCUT2D eigenvalue weighted by Crippen LogP contribution is -1.92. The average Bonchev–Trinajstić information content (AvgIpc) is 2.15. The lowest BCUT2D eigenvalue weighted by atomic mass is 10.1. The molecule has 0 spiro atoms. The first-order valence-electron chi connectivity index (χ1n) is 3.72. The molecule has 0 radical (unpaired) electrons. The van der Waals surface area contributed by atoms with Gasteiger partial charge in [0.2, 0.25) is 0 Å². The third-order valence-corrected chi connectivity index (χ3v) is 2.13. The lowest BCUT2D eigenvalue weighted by Gasteiger charge is -2.03. The first-order chi connectivity index (χ1) is 5.88. The molecule has 0 atom stereocenters. The van der Waals surface area contributed by atoms with Crippen molar-refractivity contribution < 1.29 is 4.74 Å². The van der Waals surface area contributed by atoms with Crippen LogP contribution in [0.1, 0.15) is 5.56 Å². The van der Waals surface area contributed by atoms with E-state index < -0.39 is 0 Å². The van der Waals surface area contributed by atoms with E-state index >= 15 is 0 Å². The predicted octanol–water partition coefficient (Wildman–Crippen LogP) is 3.07. The standard InChI is InChI=1S/C10H11BrO/c1-12-8-10(7-11)9-5-3-2-4-6-9/h2-7H,8H2,1H3/b10-7-. The van der Waals surface area contributed by atoms with E-state index in [2.05, 4.69) is 28.1 Å². The number of ether oxygens (including phenoxy) is 1. The number of hydrogen-bond donors (Lipinski definition) is 0. The Kier molecular flexibility index (Phi) is 4.05. The minimum Gasteiger partial charge on any atom is -0.380 e. The summed E-state index contributed by atoms with van der Waals surface area (Å²) < 4.78 is 5.05. The van der Waals surface area contributed by atoms with Gasteiger partial charge >= 0.3 is 0 Å². The van der Waals surface area contributed by atoms with Crippen molar-refractivity contribution in [3.8, 4) is 0 Å². The molecule has 1 aromatic rings.